The molecule has 0 saturated carbocycles. The first kappa shape index (κ1) is 7.14. The third kappa shape index (κ3) is 1.30. The zero-order chi connectivity index (χ0) is 7.56. The molecule has 1 aromatic heterocycles. The molecule has 0 saturated heterocycles. The van der Waals surface area contributed by atoms with Crippen molar-refractivity contribution in [2.45, 2.75) is 6.67 Å². The van der Waals surface area contributed by atoms with Crippen molar-refractivity contribution < 1.29 is 14.3 Å². The second kappa shape index (κ2) is 2.74. The molecule has 0 aliphatic carbocycles. The Labute approximate surface area is 60.1 Å². The summed E-state index contributed by atoms with van der Waals surface area (Å²) in [5.74, 6) is -1.11. The van der Waals surface area contributed by atoms with Gasteiger partial charge in [0.15, 0.2) is 5.69 Å². The molecule has 10 heavy (non-hydrogen) atoms. The molecule has 0 spiro atoms. The van der Waals surface area contributed by atoms with E-state index in [1.54, 1.807) is 0 Å². The lowest BCUT2D eigenvalue weighted by molar-refractivity contribution is 0.0691. The quantitative estimate of drug-likeness (QED) is 0.711. The molecule has 0 aliphatic heterocycles. The number of carbonyl (C=O) groups is 1. The number of nitrogens with zero attached hydrogens (tertiary/aromatic N) is 1. The molecule has 1 aromatic rings. The van der Waals surface area contributed by atoms with Gasteiger partial charge >= 0.3 is 5.97 Å². The van der Waals surface area contributed by atoms with Crippen LogP contribution < -0.4 is 0 Å². The van der Waals surface area contributed by atoms with Gasteiger partial charge in [0.25, 0.3) is 0 Å². The molecule has 0 atom stereocenters. The van der Waals surface area contributed by atoms with E-state index in [0.717, 1.165) is 11.3 Å². The van der Waals surface area contributed by atoms with E-state index in [0.29, 0.717) is 0 Å². The molecule has 1 heterocycles. The number of hydrogen-bond donors (Lipinski definition) is 1. The van der Waals surface area contributed by atoms with E-state index in [2.05, 4.69) is 4.98 Å². The predicted octanol–water partition coefficient (Wildman–Crippen LogP) is 1.31. The van der Waals surface area contributed by atoms with Gasteiger partial charge < -0.3 is 5.11 Å². The number of halogens is 1. The summed E-state index contributed by atoms with van der Waals surface area (Å²) in [7, 11) is 0. The van der Waals surface area contributed by atoms with Crippen LogP contribution in [-0.2, 0) is 6.67 Å². The summed E-state index contributed by atoms with van der Waals surface area (Å²) >= 11 is 1.01. The van der Waals surface area contributed by atoms with Crippen LogP contribution in [0.15, 0.2) is 5.38 Å². The van der Waals surface area contributed by atoms with E-state index in [-0.39, 0.29) is 10.7 Å². The lowest BCUT2D eigenvalue weighted by atomic mass is 10.5. The van der Waals surface area contributed by atoms with Crippen LogP contribution in [0.5, 0.6) is 0 Å². The average molecular weight is 161 g/mol. The predicted molar refractivity (Wildman–Crippen MR) is 33.9 cm³/mol. The van der Waals surface area contributed by atoms with Crippen molar-refractivity contribution in [2.75, 3.05) is 0 Å². The lowest BCUT2D eigenvalue weighted by Crippen LogP contribution is -1.95. The monoisotopic (exact) mass is 161 g/mol. The highest BCUT2D eigenvalue weighted by Gasteiger charge is 2.07. The Balaban J connectivity index is 2.88. The van der Waals surface area contributed by atoms with Gasteiger partial charge in [-0.2, -0.15) is 0 Å². The highest BCUT2D eigenvalue weighted by molar-refractivity contribution is 7.09. The topological polar surface area (TPSA) is 50.2 Å². The van der Waals surface area contributed by atoms with Crippen LogP contribution in [0.2, 0.25) is 0 Å². The van der Waals surface area contributed by atoms with Crippen molar-refractivity contribution in [1.82, 2.24) is 4.98 Å². The van der Waals surface area contributed by atoms with Crippen LogP contribution in [-0.4, -0.2) is 16.1 Å². The first-order valence-corrected chi connectivity index (χ1v) is 3.35. The molecule has 0 unspecified atom stereocenters. The van der Waals surface area contributed by atoms with Crippen LogP contribution in [0.3, 0.4) is 0 Å². The maximum Gasteiger partial charge on any atom is 0.355 e. The molecule has 0 amide bonds. The Morgan fingerprint density at radius 1 is 1.90 bits per heavy atom. The fraction of sp³-hybridized carbons (Fsp3) is 0.200. The normalized spacial score (nSPS) is 9.70. The molecule has 54 valence electrons. The third-order valence-electron chi connectivity index (χ3n) is 0.885. The Hall–Kier alpha value is -0.970. The zero-order valence-corrected chi connectivity index (χ0v) is 5.69. The molecule has 0 aromatic carbocycles. The number of carboxylic acids is 1. The fourth-order valence-corrected chi connectivity index (χ4v) is 1.09. The number of aromatic carboxylic acids is 1. The van der Waals surface area contributed by atoms with Crippen molar-refractivity contribution in [3.05, 3.63) is 16.1 Å². The molecular weight excluding hydrogens is 157 g/mol. The second-order valence-electron chi connectivity index (χ2n) is 1.57. The van der Waals surface area contributed by atoms with Gasteiger partial charge in [-0.3, -0.25) is 0 Å². The van der Waals surface area contributed by atoms with Crippen molar-refractivity contribution in [2.24, 2.45) is 0 Å². The summed E-state index contributed by atoms with van der Waals surface area (Å²) in [5.41, 5.74) is -0.0855. The second-order valence-corrected chi connectivity index (χ2v) is 2.51. The Kier molecular flexibility index (Phi) is 1.96. The van der Waals surface area contributed by atoms with Gasteiger partial charge in [0.05, 0.1) is 0 Å². The molecule has 0 radical (unpaired) electrons. The Morgan fingerprint density at radius 3 is 2.90 bits per heavy atom. The molecule has 0 fully saturated rings. The van der Waals surface area contributed by atoms with Gasteiger partial charge in [0, 0.05) is 5.38 Å². The summed E-state index contributed by atoms with van der Waals surface area (Å²) < 4.78 is 11.8. The number of hydrogen-bond acceptors (Lipinski definition) is 3. The number of rotatable bonds is 2. The van der Waals surface area contributed by atoms with Gasteiger partial charge in [-0.25, -0.2) is 14.2 Å². The smallest absolute Gasteiger partial charge is 0.355 e. The summed E-state index contributed by atoms with van der Waals surface area (Å²) in [4.78, 5) is 13.6. The minimum atomic E-state index is -1.11. The summed E-state index contributed by atoms with van der Waals surface area (Å²) in [6.07, 6.45) is 0. The van der Waals surface area contributed by atoms with Crippen LogP contribution in [0, 0.1) is 0 Å². The van der Waals surface area contributed by atoms with E-state index < -0.39 is 12.6 Å². The molecule has 1 N–H and O–H groups in total. The minimum absolute atomic E-state index is 0.0855. The number of carboxylic acid groups (broad SMARTS) is 1. The van der Waals surface area contributed by atoms with E-state index in [1.807, 2.05) is 0 Å². The van der Waals surface area contributed by atoms with Gasteiger partial charge in [-0.05, 0) is 0 Å². The average Bonchev–Trinajstić information content (AvgIpc) is 2.34. The van der Waals surface area contributed by atoms with Crippen LogP contribution in [0.4, 0.5) is 4.39 Å². The van der Waals surface area contributed by atoms with Gasteiger partial charge in [0.2, 0.25) is 0 Å². The van der Waals surface area contributed by atoms with Crippen molar-refractivity contribution in [3.63, 3.8) is 0 Å². The SMILES string of the molecule is O=C(O)c1csc(CF)n1. The maximum absolute atomic E-state index is 11.8. The third-order valence-corrected chi connectivity index (χ3v) is 1.70. The zero-order valence-electron chi connectivity index (χ0n) is 4.87. The van der Waals surface area contributed by atoms with E-state index in [1.165, 1.54) is 5.38 Å². The first-order chi connectivity index (χ1) is 4.74. The molecule has 0 aliphatic rings. The minimum Gasteiger partial charge on any atom is -0.476 e. The van der Waals surface area contributed by atoms with Gasteiger partial charge in [0.1, 0.15) is 11.7 Å². The molecule has 5 heteroatoms. The molecule has 1 rings (SSSR count). The van der Waals surface area contributed by atoms with E-state index in [4.69, 9.17) is 5.11 Å². The van der Waals surface area contributed by atoms with Gasteiger partial charge in [-0.1, -0.05) is 0 Å². The van der Waals surface area contributed by atoms with Crippen LogP contribution in [0.1, 0.15) is 15.5 Å². The van der Waals surface area contributed by atoms with Crippen molar-refractivity contribution >= 4 is 17.3 Å². The summed E-state index contributed by atoms with van der Waals surface area (Å²) in [6, 6.07) is 0. The Morgan fingerprint density at radius 2 is 2.60 bits per heavy atom. The summed E-state index contributed by atoms with van der Waals surface area (Å²) in [6.45, 7) is -0.696. The number of thiazole rings is 1. The van der Waals surface area contributed by atoms with Crippen molar-refractivity contribution in [3.8, 4) is 0 Å². The van der Waals surface area contributed by atoms with Gasteiger partial charge in [-0.15, -0.1) is 11.3 Å². The Bertz CT molecular complexity index is 248. The molecule has 0 bridgehead atoms. The molecular formula is C5H4FNO2S. The van der Waals surface area contributed by atoms with Crippen LogP contribution >= 0.6 is 11.3 Å². The standard InChI is InChI=1S/C5H4FNO2S/c6-1-4-7-3(2-10-4)5(8)9/h2H,1H2,(H,8,9). The highest BCUT2D eigenvalue weighted by Crippen LogP contribution is 2.10. The molecule has 3 nitrogen and oxygen atoms in total. The van der Waals surface area contributed by atoms with E-state index in [9.17, 15) is 9.18 Å². The van der Waals surface area contributed by atoms with E-state index >= 15 is 0 Å². The highest BCUT2D eigenvalue weighted by atomic mass is 32.1. The first-order valence-electron chi connectivity index (χ1n) is 2.47. The lowest BCUT2D eigenvalue weighted by Gasteiger charge is -1.81. The van der Waals surface area contributed by atoms with Crippen molar-refractivity contribution in [1.29, 1.82) is 0 Å². The fourth-order valence-electron chi connectivity index (χ4n) is 0.470. The van der Waals surface area contributed by atoms with Crippen LogP contribution in [0.25, 0.3) is 0 Å². The number of aromatic nitrogens is 1. The number of alkyl halides is 1. The maximum atomic E-state index is 11.8. The summed E-state index contributed by atoms with van der Waals surface area (Å²) in [5, 5.41) is 9.84. The largest absolute Gasteiger partial charge is 0.476 e.